The van der Waals surface area contributed by atoms with Crippen LogP contribution in [0.15, 0.2) is 103 Å². The van der Waals surface area contributed by atoms with Gasteiger partial charge in [0.05, 0.1) is 16.6 Å². The molecule has 146 valence electrons. The van der Waals surface area contributed by atoms with Gasteiger partial charge in [-0.05, 0) is 60.3 Å². The van der Waals surface area contributed by atoms with Crippen molar-refractivity contribution in [1.82, 2.24) is 9.13 Å². The summed E-state index contributed by atoms with van der Waals surface area (Å²) in [6, 6.07) is 35.2. The zero-order valence-corrected chi connectivity index (χ0v) is 17.2. The summed E-state index contributed by atoms with van der Waals surface area (Å²) < 4.78 is 4.75. The van der Waals surface area contributed by atoms with E-state index in [0.29, 0.717) is 0 Å². The van der Waals surface area contributed by atoms with Crippen LogP contribution in [0, 0.1) is 6.92 Å². The van der Waals surface area contributed by atoms with E-state index in [0.717, 1.165) is 0 Å². The highest BCUT2D eigenvalue weighted by Gasteiger charge is 2.20. The van der Waals surface area contributed by atoms with E-state index in [9.17, 15) is 0 Å². The summed E-state index contributed by atoms with van der Waals surface area (Å²) >= 11 is 0. The molecular weight excluding hydrogens is 376 g/mol. The molecule has 0 fully saturated rings. The van der Waals surface area contributed by atoms with E-state index >= 15 is 0 Å². The number of hydrogen-bond acceptors (Lipinski definition) is 0. The van der Waals surface area contributed by atoms with E-state index < -0.39 is 0 Å². The van der Waals surface area contributed by atoms with Crippen LogP contribution < -0.4 is 0 Å². The Balaban J connectivity index is 1.71. The molecule has 0 aliphatic carbocycles. The van der Waals surface area contributed by atoms with Crippen LogP contribution in [-0.2, 0) is 0 Å². The van der Waals surface area contributed by atoms with Gasteiger partial charge in [-0.25, -0.2) is 0 Å². The second-order valence-electron chi connectivity index (χ2n) is 8.39. The maximum Gasteiger partial charge on any atom is 0.0608 e. The molecule has 7 aromatic rings. The van der Waals surface area contributed by atoms with Crippen LogP contribution in [0.5, 0.6) is 0 Å². The summed E-state index contributed by atoms with van der Waals surface area (Å²) in [6.45, 7) is 2.16. The summed E-state index contributed by atoms with van der Waals surface area (Å²) in [7, 11) is 0. The van der Waals surface area contributed by atoms with Crippen molar-refractivity contribution in [3.63, 3.8) is 0 Å². The molecule has 0 atom stereocenters. The van der Waals surface area contributed by atoms with Gasteiger partial charge in [-0.3, -0.25) is 0 Å². The van der Waals surface area contributed by atoms with Crippen molar-refractivity contribution < 1.29 is 0 Å². The largest absolute Gasteiger partial charge is 0.316 e. The highest BCUT2D eigenvalue weighted by molar-refractivity contribution is 6.29. The summed E-state index contributed by atoms with van der Waals surface area (Å²) in [6.07, 6.45) is 2.19. The minimum atomic E-state index is 1.19. The predicted octanol–water partition coefficient (Wildman–Crippen LogP) is 7.63. The Bertz CT molecular complexity index is 1730. The minimum absolute atomic E-state index is 1.19. The molecule has 0 unspecified atom stereocenters. The topological polar surface area (TPSA) is 9.86 Å². The fourth-order valence-electron chi connectivity index (χ4n) is 5.23. The number of nitrogens with zero attached hydrogens (tertiary/aromatic N) is 2. The lowest BCUT2D eigenvalue weighted by molar-refractivity contribution is 1.13. The third-order valence-corrected chi connectivity index (χ3v) is 6.52. The number of benzene rings is 5. The van der Waals surface area contributed by atoms with Gasteiger partial charge in [0.2, 0.25) is 0 Å². The van der Waals surface area contributed by atoms with Gasteiger partial charge in [-0.1, -0.05) is 54.6 Å². The van der Waals surface area contributed by atoms with Gasteiger partial charge < -0.3 is 9.13 Å². The van der Waals surface area contributed by atoms with Crippen LogP contribution in [0.25, 0.3) is 54.9 Å². The molecule has 0 N–H and O–H groups in total. The van der Waals surface area contributed by atoms with Crippen molar-refractivity contribution >= 4 is 43.5 Å². The quantitative estimate of drug-likeness (QED) is 0.266. The molecule has 0 spiro atoms. The molecule has 2 aromatic heterocycles. The number of aryl methyl sites for hydroxylation is 1. The number of hydrogen-bond donors (Lipinski definition) is 0. The van der Waals surface area contributed by atoms with E-state index in [-0.39, 0.29) is 0 Å². The van der Waals surface area contributed by atoms with E-state index in [4.69, 9.17) is 0 Å². The standard InChI is InChI=1S/C29H20N2/c1-19-7-5-11-23(17-19)31-25-12-6-8-20-13-14-24-28(27(20)25)26(31)18-21-15-16-30(29(21)24)22-9-3-2-4-10-22/h2-18H,1H3. The Hall–Kier alpha value is -4.04. The lowest BCUT2D eigenvalue weighted by Crippen LogP contribution is -1.95. The lowest BCUT2D eigenvalue weighted by atomic mass is 10.0. The normalized spacial score (nSPS) is 12.0. The smallest absolute Gasteiger partial charge is 0.0608 e. The Morgan fingerprint density at radius 2 is 1.42 bits per heavy atom. The van der Waals surface area contributed by atoms with Crippen LogP contribution >= 0.6 is 0 Å². The average Bonchev–Trinajstić information content (AvgIpc) is 3.38. The molecule has 7 rings (SSSR count). The molecule has 0 saturated heterocycles. The van der Waals surface area contributed by atoms with Gasteiger partial charge in [0.25, 0.3) is 0 Å². The first-order chi connectivity index (χ1) is 15.3. The summed E-state index contributed by atoms with van der Waals surface area (Å²) in [5.74, 6) is 0. The Kier molecular flexibility index (Phi) is 3.23. The van der Waals surface area contributed by atoms with Gasteiger partial charge in [0.1, 0.15) is 0 Å². The molecule has 2 heteroatoms. The number of fused-ring (bicyclic) bond motifs is 2. The summed E-state index contributed by atoms with van der Waals surface area (Å²) in [5.41, 5.74) is 7.48. The fraction of sp³-hybridized carbons (Fsp3) is 0.0345. The van der Waals surface area contributed by atoms with Crippen molar-refractivity contribution in [1.29, 1.82) is 0 Å². The van der Waals surface area contributed by atoms with Crippen molar-refractivity contribution in [2.75, 3.05) is 0 Å². The fourth-order valence-corrected chi connectivity index (χ4v) is 5.23. The van der Waals surface area contributed by atoms with Crippen LogP contribution in [0.2, 0.25) is 0 Å². The Morgan fingerprint density at radius 3 is 2.29 bits per heavy atom. The SMILES string of the molecule is Cc1cccc(-n2c3cccc4ccc5c(c43)c2cc2ccn(-c3ccccc3)c25)c1. The second kappa shape index (κ2) is 5.99. The third-order valence-electron chi connectivity index (χ3n) is 6.52. The zero-order chi connectivity index (χ0) is 20.5. The van der Waals surface area contributed by atoms with E-state index in [1.54, 1.807) is 0 Å². The van der Waals surface area contributed by atoms with Crippen molar-refractivity contribution in [2.45, 2.75) is 6.92 Å². The predicted molar refractivity (Wildman–Crippen MR) is 131 cm³/mol. The van der Waals surface area contributed by atoms with Crippen LogP contribution in [-0.4, -0.2) is 9.13 Å². The van der Waals surface area contributed by atoms with Gasteiger partial charge in [0, 0.05) is 39.1 Å². The van der Waals surface area contributed by atoms with E-state index in [1.807, 2.05) is 0 Å². The maximum atomic E-state index is 2.43. The third kappa shape index (κ3) is 2.22. The van der Waals surface area contributed by atoms with Crippen molar-refractivity contribution in [3.8, 4) is 11.4 Å². The summed E-state index contributed by atoms with van der Waals surface area (Å²) in [5, 5.41) is 6.54. The highest BCUT2D eigenvalue weighted by atomic mass is 15.0. The van der Waals surface area contributed by atoms with Crippen molar-refractivity contribution in [3.05, 3.63) is 109 Å². The molecule has 0 saturated carbocycles. The average molecular weight is 396 g/mol. The van der Waals surface area contributed by atoms with Crippen LogP contribution in [0.1, 0.15) is 5.56 Å². The molecular formula is C29H20N2. The van der Waals surface area contributed by atoms with Crippen LogP contribution in [0.4, 0.5) is 0 Å². The molecule has 2 heterocycles. The molecule has 2 nitrogen and oxygen atoms in total. The number of aromatic nitrogens is 2. The van der Waals surface area contributed by atoms with E-state index in [2.05, 4.69) is 119 Å². The first kappa shape index (κ1) is 16.7. The summed E-state index contributed by atoms with van der Waals surface area (Å²) in [4.78, 5) is 0. The van der Waals surface area contributed by atoms with Gasteiger partial charge in [-0.15, -0.1) is 0 Å². The molecule has 0 amide bonds. The van der Waals surface area contributed by atoms with Crippen molar-refractivity contribution in [2.24, 2.45) is 0 Å². The highest BCUT2D eigenvalue weighted by Crippen LogP contribution is 2.42. The number of para-hydroxylation sites is 1. The molecule has 0 bridgehead atoms. The van der Waals surface area contributed by atoms with Crippen LogP contribution in [0.3, 0.4) is 0 Å². The molecule has 31 heavy (non-hydrogen) atoms. The Morgan fingerprint density at radius 1 is 0.581 bits per heavy atom. The molecule has 5 aromatic carbocycles. The van der Waals surface area contributed by atoms with Gasteiger partial charge >= 0.3 is 0 Å². The molecule has 0 radical (unpaired) electrons. The lowest BCUT2D eigenvalue weighted by Gasteiger charge is -2.10. The van der Waals surface area contributed by atoms with Gasteiger partial charge in [0.15, 0.2) is 0 Å². The second-order valence-corrected chi connectivity index (χ2v) is 8.39. The van der Waals surface area contributed by atoms with E-state index in [1.165, 1.54) is 60.4 Å². The zero-order valence-electron chi connectivity index (χ0n) is 17.2. The van der Waals surface area contributed by atoms with Gasteiger partial charge in [-0.2, -0.15) is 0 Å². The first-order valence-corrected chi connectivity index (χ1v) is 10.7. The maximum absolute atomic E-state index is 2.43. The monoisotopic (exact) mass is 396 g/mol. The Labute approximate surface area is 179 Å². The first-order valence-electron chi connectivity index (χ1n) is 10.7. The minimum Gasteiger partial charge on any atom is -0.316 e. The number of rotatable bonds is 2. The molecule has 0 aliphatic rings. The molecule has 0 aliphatic heterocycles.